The Balaban J connectivity index is 1.59. The van der Waals surface area contributed by atoms with E-state index in [9.17, 15) is 4.79 Å². The lowest BCUT2D eigenvalue weighted by molar-refractivity contribution is -0.117. The lowest BCUT2D eigenvalue weighted by atomic mass is 10.1. The molecule has 1 aliphatic carbocycles. The van der Waals surface area contributed by atoms with Crippen molar-refractivity contribution in [1.29, 1.82) is 0 Å². The summed E-state index contributed by atoms with van der Waals surface area (Å²) < 4.78 is 0. The summed E-state index contributed by atoms with van der Waals surface area (Å²) >= 11 is 0. The van der Waals surface area contributed by atoms with Gasteiger partial charge in [-0.1, -0.05) is 24.3 Å². The molecule has 0 aliphatic heterocycles. The fourth-order valence-corrected chi connectivity index (χ4v) is 2.41. The molecule has 108 valence electrons. The van der Waals surface area contributed by atoms with Crippen LogP contribution in [0.4, 0.5) is 5.69 Å². The monoisotopic (exact) mass is 289 g/mol. The van der Waals surface area contributed by atoms with E-state index in [2.05, 4.69) is 15.3 Å². The highest BCUT2D eigenvalue weighted by Gasteiger charge is 2.29. The average Bonchev–Trinajstić information content (AvgIpc) is 3.40. The maximum atomic E-state index is 11.7. The van der Waals surface area contributed by atoms with Crippen molar-refractivity contribution in [3.8, 4) is 11.3 Å². The zero-order chi connectivity index (χ0) is 14.9. The quantitative estimate of drug-likeness (QED) is 0.800. The Kier molecular flexibility index (Phi) is 3.07. The Hall–Kier alpha value is -2.75. The molecule has 1 fully saturated rings. The zero-order valence-electron chi connectivity index (χ0n) is 12.0. The van der Waals surface area contributed by atoms with Gasteiger partial charge in [0.05, 0.1) is 22.9 Å². The molecule has 1 aliphatic rings. The Morgan fingerprint density at radius 1 is 1.00 bits per heavy atom. The largest absolute Gasteiger partial charge is 0.326 e. The number of benzene rings is 2. The van der Waals surface area contributed by atoms with E-state index in [0.717, 1.165) is 40.8 Å². The number of fused-ring (bicyclic) bond motifs is 1. The number of rotatable bonds is 3. The van der Waals surface area contributed by atoms with Gasteiger partial charge in [0.15, 0.2) is 0 Å². The number of amides is 1. The molecule has 0 atom stereocenters. The van der Waals surface area contributed by atoms with Crippen LogP contribution < -0.4 is 5.32 Å². The predicted octanol–water partition coefficient (Wildman–Crippen LogP) is 3.65. The van der Waals surface area contributed by atoms with Crippen molar-refractivity contribution >= 4 is 22.6 Å². The number of nitrogens with one attached hydrogen (secondary N) is 1. The maximum absolute atomic E-state index is 11.7. The second-order valence-corrected chi connectivity index (χ2v) is 5.58. The van der Waals surface area contributed by atoms with Crippen LogP contribution in [-0.2, 0) is 4.79 Å². The lowest BCUT2D eigenvalue weighted by Gasteiger charge is -2.06. The van der Waals surface area contributed by atoms with Crippen LogP contribution in [0.3, 0.4) is 0 Å². The number of hydrogen-bond acceptors (Lipinski definition) is 3. The van der Waals surface area contributed by atoms with Gasteiger partial charge in [0.25, 0.3) is 0 Å². The molecule has 1 saturated carbocycles. The van der Waals surface area contributed by atoms with E-state index >= 15 is 0 Å². The molecule has 1 amide bonds. The van der Waals surface area contributed by atoms with E-state index in [1.54, 1.807) is 6.20 Å². The summed E-state index contributed by atoms with van der Waals surface area (Å²) in [6.07, 6.45) is 3.80. The summed E-state index contributed by atoms with van der Waals surface area (Å²) in [5, 5.41) is 2.94. The van der Waals surface area contributed by atoms with E-state index in [0.29, 0.717) is 0 Å². The van der Waals surface area contributed by atoms with Crippen molar-refractivity contribution in [1.82, 2.24) is 9.97 Å². The first kappa shape index (κ1) is 13.0. The summed E-state index contributed by atoms with van der Waals surface area (Å²) in [5.74, 6) is 0.337. The van der Waals surface area contributed by atoms with Gasteiger partial charge in [-0.05, 0) is 37.1 Å². The Morgan fingerprint density at radius 2 is 1.73 bits per heavy atom. The van der Waals surface area contributed by atoms with Crippen LogP contribution in [0, 0.1) is 5.92 Å². The Morgan fingerprint density at radius 3 is 2.45 bits per heavy atom. The van der Waals surface area contributed by atoms with E-state index < -0.39 is 0 Å². The standard InChI is InChI=1S/C18H15N3O/c22-18(13-5-6-13)20-14-9-7-12(8-10-14)17-11-19-15-3-1-2-4-16(15)21-17/h1-4,7-11,13H,5-6H2,(H,20,22). The molecule has 0 radical (unpaired) electrons. The molecule has 0 bridgehead atoms. The first-order valence-corrected chi connectivity index (χ1v) is 7.43. The van der Waals surface area contributed by atoms with E-state index in [1.807, 2.05) is 48.5 Å². The highest BCUT2D eigenvalue weighted by molar-refractivity contribution is 5.94. The predicted molar refractivity (Wildman–Crippen MR) is 86.3 cm³/mol. The molecule has 1 heterocycles. The number of hydrogen-bond donors (Lipinski definition) is 1. The number of carbonyl (C=O) groups is 1. The summed E-state index contributed by atoms with van der Waals surface area (Å²) in [6.45, 7) is 0. The van der Waals surface area contributed by atoms with Gasteiger partial charge in [-0.15, -0.1) is 0 Å². The van der Waals surface area contributed by atoms with Gasteiger partial charge < -0.3 is 5.32 Å². The molecule has 1 aromatic heterocycles. The Labute approximate surface area is 128 Å². The lowest BCUT2D eigenvalue weighted by Crippen LogP contribution is -2.12. The van der Waals surface area contributed by atoms with Crippen molar-refractivity contribution in [3.05, 3.63) is 54.7 Å². The van der Waals surface area contributed by atoms with Crippen molar-refractivity contribution in [2.24, 2.45) is 5.92 Å². The number of para-hydroxylation sites is 2. The SMILES string of the molecule is O=C(Nc1ccc(-c2cnc3ccccc3n2)cc1)C1CC1. The smallest absolute Gasteiger partial charge is 0.227 e. The maximum Gasteiger partial charge on any atom is 0.227 e. The molecule has 4 nitrogen and oxygen atoms in total. The van der Waals surface area contributed by atoms with Crippen LogP contribution in [-0.4, -0.2) is 15.9 Å². The third-order valence-electron chi connectivity index (χ3n) is 3.84. The van der Waals surface area contributed by atoms with Crippen molar-refractivity contribution < 1.29 is 4.79 Å². The minimum absolute atomic E-state index is 0.123. The minimum atomic E-state index is 0.123. The van der Waals surface area contributed by atoms with Crippen molar-refractivity contribution in [2.45, 2.75) is 12.8 Å². The molecule has 0 saturated heterocycles. The number of nitrogens with zero attached hydrogens (tertiary/aromatic N) is 2. The molecule has 0 spiro atoms. The second kappa shape index (κ2) is 5.22. The average molecular weight is 289 g/mol. The van der Waals surface area contributed by atoms with Crippen LogP contribution in [0.5, 0.6) is 0 Å². The fourth-order valence-electron chi connectivity index (χ4n) is 2.41. The van der Waals surface area contributed by atoms with Crippen LogP contribution in [0.15, 0.2) is 54.7 Å². The third-order valence-corrected chi connectivity index (χ3v) is 3.84. The molecular weight excluding hydrogens is 274 g/mol. The van der Waals surface area contributed by atoms with Gasteiger partial charge in [-0.25, -0.2) is 4.98 Å². The van der Waals surface area contributed by atoms with Gasteiger partial charge in [-0.3, -0.25) is 9.78 Å². The molecule has 1 N–H and O–H groups in total. The summed E-state index contributed by atoms with van der Waals surface area (Å²) in [7, 11) is 0. The summed E-state index contributed by atoms with van der Waals surface area (Å²) in [5.41, 5.74) is 4.42. The number of aromatic nitrogens is 2. The van der Waals surface area contributed by atoms with E-state index in [4.69, 9.17) is 0 Å². The summed E-state index contributed by atoms with van der Waals surface area (Å²) in [6, 6.07) is 15.5. The van der Waals surface area contributed by atoms with Crippen LogP contribution in [0.2, 0.25) is 0 Å². The molecule has 2 aromatic carbocycles. The first-order chi connectivity index (χ1) is 10.8. The van der Waals surface area contributed by atoms with Crippen LogP contribution in [0.25, 0.3) is 22.3 Å². The van der Waals surface area contributed by atoms with Gasteiger partial charge in [-0.2, -0.15) is 0 Å². The molecule has 0 unspecified atom stereocenters. The minimum Gasteiger partial charge on any atom is -0.326 e. The fraction of sp³-hybridized carbons (Fsp3) is 0.167. The van der Waals surface area contributed by atoms with Crippen LogP contribution in [0.1, 0.15) is 12.8 Å². The molecule has 4 rings (SSSR count). The molecule has 22 heavy (non-hydrogen) atoms. The van der Waals surface area contributed by atoms with Crippen molar-refractivity contribution in [3.63, 3.8) is 0 Å². The van der Waals surface area contributed by atoms with Gasteiger partial charge in [0.1, 0.15) is 0 Å². The third kappa shape index (κ3) is 2.55. The van der Waals surface area contributed by atoms with Gasteiger partial charge in [0.2, 0.25) is 5.91 Å². The molecule has 4 heteroatoms. The van der Waals surface area contributed by atoms with Crippen LogP contribution >= 0.6 is 0 Å². The number of carbonyl (C=O) groups excluding carboxylic acids is 1. The highest BCUT2D eigenvalue weighted by atomic mass is 16.2. The van der Waals surface area contributed by atoms with Gasteiger partial charge in [0, 0.05) is 17.2 Å². The second-order valence-electron chi connectivity index (χ2n) is 5.58. The normalized spacial score (nSPS) is 14.0. The Bertz CT molecular complexity index is 838. The molecular formula is C18H15N3O. The van der Waals surface area contributed by atoms with Crippen molar-refractivity contribution in [2.75, 3.05) is 5.32 Å². The highest BCUT2D eigenvalue weighted by Crippen LogP contribution is 2.30. The van der Waals surface area contributed by atoms with E-state index in [1.165, 1.54) is 0 Å². The topological polar surface area (TPSA) is 54.9 Å². The zero-order valence-corrected chi connectivity index (χ0v) is 12.0. The first-order valence-electron chi connectivity index (χ1n) is 7.43. The van der Waals surface area contributed by atoms with Gasteiger partial charge >= 0.3 is 0 Å². The molecule has 3 aromatic rings. The summed E-state index contributed by atoms with van der Waals surface area (Å²) in [4.78, 5) is 20.8. The number of anilines is 1. The van der Waals surface area contributed by atoms with E-state index in [-0.39, 0.29) is 11.8 Å².